The Morgan fingerprint density at radius 1 is 0.849 bits per heavy atom. The van der Waals surface area contributed by atoms with Crippen molar-refractivity contribution in [1.82, 2.24) is 25.9 Å². The first-order valence-electron chi connectivity index (χ1n) is 24.0. The quantitative estimate of drug-likeness (QED) is 0.0272. The maximum Gasteiger partial charge on any atom is 0.271 e. The Kier molecular flexibility index (Phi) is 16.2. The molecule has 8 rings (SSSR count). The number of carbonyl (C=O) groups is 4. The van der Waals surface area contributed by atoms with Gasteiger partial charge in [0.1, 0.15) is 35.1 Å². The second-order valence-corrected chi connectivity index (χ2v) is 21.0. The zero-order valence-corrected chi connectivity index (χ0v) is 42.8. The zero-order valence-electron chi connectivity index (χ0n) is 41.1. The number of β-amino-alcohol motifs (C(OH)–C–C–N with tert-alkyl or cyclic N) is 1. The van der Waals surface area contributed by atoms with Gasteiger partial charge in [-0.15, -0.1) is 22.7 Å². The van der Waals surface area contributed by atoms with Crippen LogP contribution in [0.1, 0.15) is 86.6 Å². The first-order valence-corrected chi connectivity index (χ1v) is 25.7. The topological polar surface area (TPSA) is 212 Å². The lowest BCUT2D eigenvalue weighted by Crippen LogP contribution is -2.57. The van der Waals surface area contributed by atoms with E-state index < -0.39 is 35.4 Å². The SMILES string of the molecule is Cc1ncsc1-c1ccc([C@H](C)NC(=O)[C@@H]2C[C@@H](O)CN2C(=O)[C@@H](NC(=O)CCCCOc2ccc(/C=N/NC(=O)c3ccc(Oc4c(-c5ccc(O)cc5)sc5cc(O)ccc45)cc3)cc2)C(C)(C)C)cc1. The Morgan fingerprint density at radius 2 is 1.52 bits per heavy atom. The van der Waals surface area contributed by atoms with Crippen molar-refractivity contribution >= 4 is 62.6 Å². The lowest BCUT2D eigenvalue weighted by atomic mass is 9.85. The Bertz CT molecular complexity index is 3090. The summed E-state index contributed by atoms with van der Waals surface area (Å²) in [6.45, 7) is 9.76. The van der Waals surface area contributed by atoms with Crippen LogP contribution >= 0.6 is 22.7 Å². The molecule has 6 N–H and O–H groups in total. The van der Waals surface area contributed by atoms with E-state index in [1.165, 1.54) is 22.5 Å². The van der Waals surface area contributed by atoms with Gasteiger partial charge in [-0.1, -0.05) is 45.0 Å². The summed E-state index contributed by atoms with van der Waals surface area (Å²) in [4.78, 5) is 61.6. The summed E-state index contributed by atoms with van der Waals surface area (Å²) in [6, 6.07) is 31.5. The van der Waals surface area contributed by atoms with Crippen LogP contribution in [0, 0.1) is 12.3 Å². The number of hydrazone groups is 1. The van der Waals surface area contributed by atoms with E-state index in [0.29, 0.717) is 42.3 Å². The number of aliphatic hydroxyl groups excluding tert-OH is 1. The maximum absolute atomic E-state index is 14.1. The van der Waals surface area contributed by atoms with Crippen molar-refractivity contribution in [3.8, 4) is 49.6 Å². The summed E-state index contributed by atoms with van der Waals surface area (Å²) in [5.41, 5.74) is 8.52. The number of aromatic nitrogens is 1. The van der Waals surface area contributed by atoms with Crippen molar-refractivity contribution in [2.75, 3.05) is 13.2 Å². The van der Waals surface area contributed by atoms with Crippen molar-refractivity contribution in [3.05, 3.63) is 143 Å². The fourth-order valence-corrected chi connectivity index (χ4v) is 10.4. The molecule has 0 saturated carbocycles. The smallest absolute Gasteiger partial charge is 0.271 e. The van der Waals surface area contributed by atoms with Gasteiger partial charge in [-0.25, -0.2) is 10.4 Å². The monoisotopic (exact) mass is 1020 g/mol. The molecule has 1 aliphatic heterocycles. The first kappa shape index (κ1) is 51.7. The highest BCUT2D eigenvalue weighted by molar-refractivity contribution is 7.22. The van der Waals surface area contributed by atoms with E-state index in [1.54, 1.807) is 102 Å². The van der Waals surface area contributed by atoms with Gasteiger partial charge in [-0.2, -0.15) is 5.10 Å². The van der Waals surface area contributed by atoms with E-state index in [2.05, 4.69) is 26.1 Å². The molecule has 7 aromatic rings. The highest BCUT2D eigenvalue weighted by Crippen LogP contribution is 2.47. The molecule has 17 heteroatoms. The van der Waals surface area contributed by atoms with Crippen molar-refractivity contribution < 1.29 is 44.0 Å². The second kappa shape index (κ2) is 22.9. The Morgan fingerprint density at radius 3 is 2.21 bits per heavy atom. The molecular formula is C56H58N6O9S2. The molecule has 0 bridgehead atoms. The number of benzene rings is 5. The predicted octanol–water partition coefficient (Wildman–Crippen LogP) is 9.89. The van der Waals surface area contributed by atoms with Crippen LogP contribution in [0.15, 0.2) is 126 Å². The number of likely N-dealkylation sites (tertiary alicyclic amines) is 1. The molecule has 0 aliphatic carbocycles. The standard InChI is InChI=1S/C56H58N6O9S2/c1-33(36-11-13-37(14-12-36)50-34(2)57-32-72-50)59-54(68)46-28-42(65)31-62(46)55(69)52(56(3,4)5)60-48(66)8-6-7-27-70-43-22-9-35(10-23-43)30-58-61-53(67)39-17-24-44(25-18-39)71-49-45-26-21-41(64)29-47(45)73-51(49)38-15-19-40(63)20-16-38/h9-26,29-30,32-33,42,46,52,63-65H,6-8,27-28,31H2,1-5H3,(H,59,68)(H,60,66)(H,61,67)/b58-30+/t33-,42+,46-,52+/m0/s1. The van der Waals surface area contributed by atoms with Crippen LogP contribution in [0.2, 0.25) is 0 Å². The van der Waals surface area contributed by atoms with Crippen molar-refractivity contribution in [1.29, 1.82) is 0 Å². The van der Waals surface area contributed by atoms with Gasteiger partial charge in [-0.3, -0.25) is 19.2 Å². The van der Waals surface area contributed by atoms with Crippen molar-refractivity contribution in [3.63, 3.8) is 0 Å². The molecule has 378 valence electrons. The summed E-state index contributed by atoms with van der Waals surface area (Å²) in [5.74, 6) is 0.517. The molecule has 15 nitrogen and oxygen atoms in total. The first-order chi connectivity index (χ1) is 35.0. The molecule has 0 unspecified atom stereocenters. The van der Waals surface area contributed by atoms with Gasteiger partial charge in [0.25, 0.3) is 5.91 Å². The van der Waals surface area contributed by atoms with Crippen LogP contribution < -0.4 is 25.5 Å². The molecule has 0 spiro atoms. The van der Waals surface area contributed by atoms with Gasteiger partial charge < -0.3 is 40.3 Å². The predicted molar refractivity (Wildman–Crippen MR) is 284 cm³/mol. The number of carbonyl (C=O) groups excluding carboxylic acids is 4. The number of hydrogen-bond donors (Lipinski definition) is 6. The fourth-order valence-electron chi connectivity index (χ4n) is 8.46. The lowest BCUT2D eigenvalue weighted by Gasteiger charge is -2.35. The molecule has 1 fully saturated rings. The molecule has 3 heterocycles. The largest absolute Gasteiger partial charge is 0.508 e. The number of ether oxygens (including phenoxy) is 2. The van der Waals surface area contributed by atoms with Gasteiger partial charge >= 0.3 is 0 Å². The van der Waals surface area contributed by atoms with Crippen LogP contribution in [0.3, 0.4) is 0 Å². The number of phenols is 2. The van der Waals surface area contributed by atoms with Crippen molar-refractivity contribution in [2.24, 2.45) is 10.5 Å². The number of unbranched alkanes of at least 4 members (excludes halogenated alkanes) is 1. The van der Waals surface area contributed by atoms with Gasteiger partial charge in [0, 0.05) is 35.0 Å². The number of fused-ring (bicyclic) bond motifs is 1. The van der Waals surface area contributed by atoms with Crippen molar-refractivity contribution in [2.45, 2.75) is 84.5 Å². The number of nitrogens with one attached hydrogen (secondary N) is 3. The number of thiophene rings is 1. The average molecular weight is 1020 g/mol. The van der Waals surface area contributed by atoms with Gasteiger partial charge in [-0.05, 0) is 145 Å². The van der Waals surface area contributed by atoms with E-state index >= 15 is 0 Å². The highest BCUT2D eigenvalue weighted by atomic mass is 32.1. The molecular weight excluding hydrogens is 965 g/mol. The van der Waals surface area contributed by atoms with Gasteiger partial charge in [0.05, 0.1) is 45.9 Å². The van der Waals surface area contributed by atoms with Gasteiger partial charge in [0.2, 0.25) is 17.7 Å². The third-order valence-electron chi connectivity index (χ3n) is 12.5. The van der Waals surface area contributed by atoms with Gasteiger partial charge in [0.15, 0.2) is 5.75 Å². The highest BCUT2D eigenvalue weighted by Gasteiger charge is 2.44. The number of nitrogens with zero attached hydrogens (tertiary/aromatic N) is 3. The number of aryl methyl sites for hydroxylation is 1. The third kappa shape index (κ3) is 12.9. The van der Waals surface area contributed by atoms with E-state index in [1.807, 2.05) is 64.4 Å². The Balaban J connectivity index is 0.764. The van der Waals surface area contributed by atoms with Crippen LogP contribution in [-0.2, 0) is 14.4 Å². The zero-order chi connectivity index (χ0) is 51.8. The minimum absolute atomic E-state index is 0.0125. The number of phenolic OH excluding ortho intramolecular Hbond substituents is 2. The molecule has 73 heavy (non-hydrogen) atoms. The Hall–Kier alpha value is -7.60. The number of hydrogen-bond acceptors (Lipinski definition) is 13. The van der Waals surface area contributed by atoms with E-state index in [4.69, 9.17) is 9.47 Å². The summed E-state index contributed by atoms with van der Waals surface area (Å²) in [6.07, 6.45) is 1.98. The molecule has 2 aromatic heterocycles. The van der Waals surface area contributed by atoms with E-state index in [-0.39, 0.29) is 48.7 Å². The number of aromatic hydroxyl groups is 2. The molecule has 1 saturated heterocycles. The minimum atomic E-state index is -0.926. The Labute approximate surface area is 431 Å². The maximum atomic E-state index is 14.1. The normalized spacial score (nSPS) is 15.5. The minimum Gasteiger partial charge on any atom is -0.508 e. The summed E-state index contributed by atoms with van der Waals surface area (Å²) in [7, 11) is 0. The molecule has 5 aromatic carbocycles. The summed E-state index contributed by atoms with van der Waals surface area (Å²) in [5, 5.41) is 41.4. The van der Waals surface area contributed by atoms with Crippen LogP contribution in [-0.4, -0.2) is 86.4 Å². The molecule has 1 aliphatic rings. The van der Waals surface area contributed by atoms with E-state index in [0.717, 1.165) is 47.8 Å². The number of amides is 4. The second-order valence-electron chi connectivity index (χ2n) is 19.1. The lowest BCUT2D eigenvalue weighted by molar-refractivity contribution is -0.144. The number of aliphatic hydroxyl groups is 1. The fraction of sp³-hybridized carbons (Fsp3) is 0.286. The van der Waals surface area contributed by atoms with Crippen LogP contribution in [0.4, 0.5) is 0 Å². The molecule has 4 amide bonds. The molecule has 4 atom stereocenters. The van der Waals surface area contributed by atoms with E-state index in [9.17, 15) is 34.5 Å². The summed E-state index contributed by atoms with van der Waals surface area (Å²) >= 11 is 3.03. The number of rotatable bonds is 18. The number of thiazole rings is 1. The molecule has 0 radical (unpaired) electrons. The van der Waals surface area contributed by atoms with Crippen LogP contribution in [0.25, 0.3) is 31.0 Å². The summed E-state index contributed by atoms with van der Waals surface area (Å²) < 4.78 is 13.1. The average Bonchev–Trinajstić information content (AvgIpc) is 4.09. The van der Waals surface area contributed by atoms with Crippen LogP contribution in [0.5, 0.6) is 28.7 Å². The third-order valence-corrected chi connectivity index (χ3v) is 14.6.